The van der Waals surface area contributed by atoms with Crippen LogP contribution in [0.15, 0.2) is 18.2 Å². The molecule has 0 saturated heterocycles. The van der Waals surface area contributed by atoms with Crippen LogP contribution in [0.3, 0.4) is 0 Å². The van der Waals surface area contributed by atoms with Crippen LogP contribution in [0, 0.1) is 22.6 Å². The van der Waals surface area contributed by atoms with Crippen LogP contribution >= 0.6 is 0 Å². The van der Waals surface area contributed by atoms with E-state index >= 15 is 0 Å². The van der Waals surface area contributed by atoms with E-state index in [1.165, 1.54) is 0 Å². The molecule has 2 fully saturated rings. The Hall–Kier alpha value is -2.35. The Morgan fingerprint density at radius 2 is 1.86 bits per heavy atom. The lowest BCUT2D eigenvalue weighted by molar-refractivity contribution is -0.129. The van der Waals surface area contributed by atoms with Crippen LogP contribution in [-0.2, 0) is 10.0 Å². The third kappa shape index (κ3) is 4.80. The Kier molecular flexibility index (Phi) is 5.28. The summed E-state index contributed by atoms with van der Waals surface area (Å²) in [6.45, 7) is 0. The SMILES string of the molecule is N#CC12CCC(NC(=O)c3cc(F)ccc3NS(=O)(=O)CCC(F)(F)F)(CC1)C2. The predicted octanol–water partition coefficient (Wildman–Crippen LogP) is 3.48. The first-order valence-corrected chi connectivity index (χ1v) is 10.6. The number of benzene rings is 1. The molecule has 2 bridgehead atoms. The highest BCUT2D eigenvalue weighted by molar-refractivity contribution is 7.92. The molecule has 1 aromatic carbocycles. The number of alkyl halides is 3. The molecule has 2 aliphatic carbocycles. The number of carbonyl (C=O) groups excluding carboxylic acids is 1. The van der Waals surface area contributed by atoms with E-state index in [9.17, 15) is 36.0 Å². The Labute approximate surface area is 165 Å². The second kappa shape index (κ2) is 7.16. The summed E-state index contributed by atoms with van der Waals surface area (Å²) in [5.41, 5.74) is -1.73. The molecule has 0 aromatic heterocycles. The first-order chi connectivity index (χ1) is 13.4. The molecule has 29 heavy (non-hydrogen) atoms. The first kappa shape index (κ1) is 21.4. The molecule has 2 N–H and O–H groups in total. The van der Waals surface area contributed by atoms with Crippen LogP contribution < -0.4 is 10.0 Å². The molecular weight excluding hydrogens is 414 g/mol. The summed E-state index contributed by atoms with van der Waals surface area (Å²) < 4.78 is 76.6. The van der Waals surface area contributed by atoms with Gasteiger partial charge in [0.25, 0.3) is 5.91 Å². The van der Waals surface area contributed by atoms with Crippen LogP contribution in [0.5, 0.6) is 0 Å². The zero-order valence-electron chi connectivity index (χ0n) is 15.3. The van der Waals surface area contributed by atoms with E-state index in [2.05, 4.69) is 11.4 Å². The number of fused-ring (bicyclic) bond motifs is 2. The fourth-order valence-corrected chi connectivity index (χ4v) is 5.21. The van der Waals surface area contributed by atoms with Gasteiger partial charge in [-0.1, -0.05) is 0 Å². The van der Waals surface area contributed by atoms with Crippen LogP contribution in [0.1, 0.15) is 48.9 Å². The average Bonchev–Trinajstić information content (AvgIpc) is 3.17. The number of sulfonamides is 1. The Morgan fingerprint density at radius 1 is 1.21 bits per heavy atom. The molecule has 2 saturated carbocycles. The summed E-state index contributed by atoms with van der Waals surface area (Å²) in [5, 5.41) is 12.2. The van der Waals surface area contributed by atoms with Crippen molar-refractivity contribution in [3.05, 3.63) is 29.6 Å². The van der Waals surface area contributed by atoms with E-state index in [1.807, 2.05) is 4.72 Å². The molecule has 0 unspecified atom stereocenters. The molecule has 3 rings (SSSR count). The maximum Gasteiger partial charge on any atom is 0.390 e. The summed E-state index contributed by atoms with van der Waals surface area (Å²) >= 11 is 0. The third-order valence-corrected chi connectivity index (χ3v) is 6.88. The lowest BCUT2D eigenvalue weighted by Gasteiger charge is -2.28. The summed E-state index contributed by atoms with van der Waals surface area (Å²) in [4.78, 5) is 12.8. The molecule has 11 heteroatoms. The zero-order chi connectivity index (χ0) is 21.5. The molecule has 6 nitrogen and oxygen atoms in total. The van der Waals surface area contributed by atoms with Crippen molar-refractivity contribution < 1.29 is 30.8 Å². The number of halogens is 4. The van der Waals surface area contributed by atoms with Crippen molar-refractivity contribution in [2.45, 2.75) is 50.2 Å². The number of nitriles is 1. The topological polar surface area (TPSA) is 99.1 Å². The van der Waals surface area contributed by atoms with Crippen molar-refractivity contribution in [1.82, 2.24) is 5.32 Å². The minimum Gasteiger partial charge on any atom is -0.346 e. The highest BCUT2D eigenvalue weighted by atomic mass is 32.2. The number of nitrogens with one attached hydrogen (secondary N) is 2. The highest BCUT2D eigenvalue weighted by Gasteiger charge is 2.55. The van der Waals surface area contributed by atoms with Crippen molar-refractivity contribution in [3.8, 4) is 6.07 Å². The predicted molar refractivity (Wildman–Crippen MR) is 95.8 cm³/mol. The number of hydrogen-bond acceptors (Lipinski definition) is 4. The third-order valence-electron chi connectivity index (χ3n) is 5.60. The number of anilines is 1. The van der Waals surface area contributed by atoms with Crippen molar-refractivity contribution in [2.24, 2.45) is 5.41 Å². The Balaban J connectivity index is 1.79. The molecule has 0 heterocycles. The first-order valence-electron chi connectivity index (χ1n) is 8.97. The van der Waals surface area contributed by atoms with Crippen LogP contribution in [0.4, 0.5) is 23.2 Å². The minimum atomic E-state index is -4.66. The molecule has 0 atom stereocenters. The average molecular weight is 433 g/mol. The molecule has 0 spiro atoms. The van der Waals surface area contributed by atoms with Crippen LogP contribution in [0.2, 0.25) is 0 Å². The van der Waals surface area contributed by atoms with E-state index in [4.69, 9.17) is 0 Å². The van der Waals surface area contributed by atoms with Crippen molar-refractivity contribution in [2.75, 3.05) is 10.5 Å². The summed E-state index contributed by atoms with van der Waals surface area (Å²) in [5.74, 6) is -2.76. The largest absolute Gasteiger partial charge is 0.390 e. The maximum atomic E-state index is 13.7. The van der Waals surface area contributed by atoms with Gasteiger partial charge in [-0.25, -0.2) is 12.8 Å². The minimum absolute atomic E-state index is 0.301. The summed E-state index contributed by atoms with van der Waals surface area (Å²) in [6.07, 6.45) is -3.33. The van der Waals surface area contributed by atoms with E-state index in [0.29, 0.717) is 32.1 Å². The summed E-state index contributed by atoms with van der Waals surface area (Å²) in [6, 6.07) is 5.02. The number of rotatable bonds is 6. The van der Waals surface area contributed by atoms with Gasteiger partial charge in [-0.05, 0) is 50.3 Å². The van der Waals surface area contributed by atoms with Gasteiger partial charge in [-0.3, -0.25) is 9.52 Å². The lowest BCUT2D eigenvalue weighted by Crippen LogP contribution is -2.45. The monoisotopic (exact) mass is 433 g/mol. The van der Waals surface area contributed by atoms with Crippen LogP contribution in [0.25, 0.3) is 0 Å². The molecule has 1 amide bonds. The molecular formula is C18H19F4N3O3S. The van der Waals surface area contributed by atoms with Gasteiger partial charge < -0.3 is 5.32 Å². The Bertz CT molecular complexity index is 962. The van der Waals surface area contributed by atoms with E-state index in [-0.39, 0.29) is 11.3 Å². The van der Waals surface area contributed by atoms with Crippen molar-refractivity contribution in [1.29, 1.82) is 5.26 Å². The molecule has 158 valence electrons. The number of carbonyl (C=O) groups is 1. The van der Waals surface area contributed by atoms with Gasteiger partial charge in [0.05, 0.1) is 34.9 Å². The van der Waals surface area contributed by atoms with Gasteiger partial charge in [0.2, 0.25) is 10.0 Å². The molecule has 2 aliphatic rings. The van der Waals surface area contributed by atoms with Gasteiger partial charge in [0, 0.05) is 5.54 Å². The van der Waals surface area contributed by atoms with Gasteiger partial charge in [-0.15, -0.1) is 0 Å². The molecule has 1 aromatic rings. The maximum absolute atomic E-state index is 13.7. The lowest BCUT2D eigenvalue weighted by atomic mass is 9.85. The normalized spacial score (nSPS) is 26.2. The highest BCUT2D eigenvalue weighted by Crippen LogP contribution is 2.56. The smallest absolute Gasteiger partial charge is 0.346 e. The molecule has 0 aliphatic heterocycles. The van der Waals surface area contributed by atoms with Crippen molar-refractivity contribution in [3.63, 3.8) is 0 Å². The number of hydrogen-bond donors (Lipinski definition) is 2. The second-order valence-electron chi connectivity index (χ2n) is 7.78. The van der Waals surface area contributed by atoms with E-state index in [0.717, 1.165) is 18.2 Å². The van der Waals surface area contributed by atoms with E-state index in [1.54, 1.807) is 0 Å². The fourth-order valence-electron chi connectivity index (χ4n) is 4.10. The number of nitrogens with zero attached hydrogens (tertiary/aromatic N) is 1. The summed E-state index contributed by atoms with van der Waals surface area (Å²) in [7, 11) is -4.41. The van der Waals surface area contributed by atoms with Gasteiger partial charge in [-0.2, -0.15) is 18.4 Å². The van der Waals surface area contributed by atoms with Gasteiger partial charge in [0.1, 0.15) is 5.82 Å². The zero-order valence-corrected chi connectivity index (χ0v) is 16.1. The van der Waals surface area contributed by atoms with Crippen LogP contribution in [-0.4, -0.2) is 31.8 Å². The Morgan fingerprint density at radius 3 is 2.41 bits per heavy atom. The number of amides is 1. The van der Waals surface area contributed by atoms with E-state index < -0.39 is 51.1 Å². The van der Waals surface area contributed by atoms with Gasteiger partial charge in [0.15, 0.2) is 0 Å². The standard InChI is InChI=1S/C18H19F4N3O3S/c19-12-1-2-14(25-29(27,28)8-7-18(20,21)22)13(9-12)15(26)24-17-5-3-16(10-17,11-23)4-6-17/h1-2,9,25H,3-8,10H2,(H,24,26). The van der Waals surface area contributed by atoms with Crippen molar-refractivity contribution >= 4 is 21.6 Å². The van der Waals surface area contributed by atoms with Gasteiger partial charge >= 0.3 is 6.18 Å². The quantitative estimate of drug-likeness (QED) is 0.671. The molecule has 0 radical (unpaired) electrons. The fraction of sp³-hybridized carbons (Fsp3) is 0.556. The second-order valence-corrected chi connectivity index (χ2v) is 9.62.